The zero-order valence-electron chi connectivity index (χ0n) is 13.1. The van der Waals surface area contributed by atoms with Crippen molar-refractivity contribution in [3.8, 4) is 5.75 Å². The molecule has 0 atom stereocenters. The second kappa shape index (κ2) is 6.87. The number of halogens is 3. The van der Waals surface area contributed by atoms with Crippen molar-refractivity contribution < 1.29 is 22.7 Å². The van der Waals surface area contributed by atoms with Gasteiger partial charge in [0.1, 0.15) is 5.75 Å². The average molecular weight is 363 g/mol. The molecule has 0 aliphatic heterocycles. The fourth-order valence-corrected chi connectivity index (χ4v) is 2.31. The molecule has 0 bridgehead atoms. The maximum absolute atomic E-state index is 12.2. The van der Waals surface area contributed by atoms with E-state index in [0.717, 1.165) is 12.1 Å². The highest BCUT2D eigenvalue weighted by molar-refractivity contribution is 5.92. The number of fused-ring (bicyclic) bond motifs is 1. The Morgan fingerprint density at radius 1 is 1.15 bits per heavy atom. The number of alkyl halides is 3. The summed E-state index contributed by atoms with van der Waals surface area (Å²) >= 11 is 0. The topological polar surface area (TPSA) is 84.1 Å². The number of benzene rings is 2. The van der Waals surface area contributed by atoms with Gasteiger partial charge in [-0.25, -0.2) is 4.98 Å². The van der Waals surface area contributed by atoms with Gasteiger partial charge >= 0.3 is 6.36 Å². The highest BCUT2D eigenvalue weighted by atomic mass is 19.4. The molecule has 134 valence electrons. The fraction of sp³-hybridized carbons (Fsp3) is 0.118. The number of para-hydroxylation sites is 1. The molecular formula is C17H12F3N3O3. The second-order valence-corrected chi connectivity index (χ2v) is 5.31. The number of rotatable bonds is 4. The van der Waals surface area contributed by atoms with Crippen LogP contribution in [-0.2, 0) is 6.54 Å². The number of aromatic nitrogens is 2. The first-order valence-electron chi connectivity index (χ1n) is 7.44. The van der Waals surface area contributed by atoms with E-state index < -0.39 is 17.8 Å². The Labute approximate surface area is 144 Å². The van der Waals surface area contributed by atoms with Gasteiger partial charge in [0, 0.05) is 6.54 Å². The van der Waals surface area contributed by atoms with Gasteiger partial charge in [0.2, 0.25) is 0 Å². The van der Waals surface area contributed by atoms with Crippen molar-refractivity contribution in [1.29, 1.82) is 0 Å². The van der Waals surface area contributed by atoms with Gasteiger partial charge in [-0.1, -0.05) is 24.3 Å². The third-order valence-corrected chi connectivity index (χ3v) is 3.41. The monoisotopic (exact) mass is 363 g/mol. The number of amides is 1. The molecule has 0 fully saturated rings. The fourth-order valence-electron chi connectivity index (χ4n) is 2.31. The third-order valence-electron chi connectivity index (χ3n) is 3.41. The molecule has 2 N–H and O–H groups in total. The molecule has 0 spiro atoms. The minimum Gasteiger partial charge on any atom is -0.406 e. The maximum Gasteiger partial charge on any atom is 0.573 e. The Bertz CT molecular complexity index is 1020. The normalized spacial score (nSPS) is 11.3. The molecule has 0 aliphatic rings. The van der Waals surface area contributed by atoms with E-state index in [9.17, 15) is 22.8 Å². The maximum atomic E-state index is 12.2. The lowest BCUT2D eigenvalue weighted by Crippen LogP contribution is -2.27. The molecular weight excluding hydrogens is 351 g/mol. The van der Waals surface area contributed by atoms with Crippen LogP contribution in [0.3, 0.4) is 0 Å². The number of carbonyl (C=O) groups excluding carboxylic acids is 1. The zero-order valence-corrected chi connectivity index (χ0v) is 13.1. The first kappa shape index (κ1) is 17.5. The van der Waals surface area contributed by atoms with Crippen LogP contribution in [0.25, 0.3) is 10.9 Å². The molecule has 0 saturated carbocycles. The summed E-state index contributed by atoms with van der Waals surface area (Å²) in [6, 6.07) is 11.7. The minimum absolute atomic E-state index is 0.0651. The Morgan fingerprint density at radius 2 is 1.92 bits per heavy atom. The van der Waals surface area contributed by atoms with Crippen LogP contribution in [0.15, 0.2) is 53.3 Å². The lowest BCUT2D eigenvalue weighted by Gasteiger charge is -2.10. The number of ether oxygens (including phenoxy) is 1. The van der Waals surface area contributed by atoms with Crippen molar-refractivity contribution in [3.05, 3.63) is 70.3 Å². The molecule has 3 rings (SSSR count). The lowest BCUT2D eigenvalue weighted by atomic mass is 10.2. The van der Waals surface area contributed by atoms with E-state index in [0.29, 0.717) is 16.5 Å². The van der Waals surface area contributed by atoms with E-state index in [1.165, 1.54) is 12.1 Å². The molecule has 0 radical (unpaired) electrons. The van der Waals surface area contributed by atoms with Crippen LogP contribution in [0.5, 0.6) is 5.75 Å². The summed E-state index contributed by atoms with van der Waals surface area (Å²) in [5.41, 5.74) is 0.298. The van der Waals surface area contributed by atoms with E-state index in [2.05, 4.69) is 20.0 Å². The summed E-state index contributed by atoms with van der Waals surface area (Å²) in [5, 5.41) is 2.84. The van der Waals surface area contributed by atoms with Gasteiger partial charge in [-0.05, 0) is 29.8 Å². The number of aromatic amines is 1. The molecule has 6 nitrogen and oxygen atoms in total. The van der Waals surface area contributed by atoms with Crippen molar-refractivity contribution in [3.63, 3.8) is 0 Å². The number of hydrogen-bond acceptors (Lipinski definition) is 4. The van der Waals surface area contributed by atoms with Crippen molar-refractivity contribution >= 4 is 16.8 Å². The van der Waals surface area contributed by atoms with E-state index in [-0.39, 0.29) is 18.1 Å². The minimum atomic E-state index is -4.80. The molecule has 3 aromatic rings. The predicted molar refractivity (Wildman–Crippen MR) is 86.7 cm³/mol. The predicted octanol–water partition coefficient (Wildman–Crippen LogP) is 2.75. The van der Waals surface area contributed by atoms with Crippen LogP contribution < -0.4 is 15.6 Å². The molecule has 1 amide bonds. The standard InChI is InChI=1S/C17H12F3N3O3/c18-17(19,20)26-11-5-3-4-10(8-11)9-21-16(25)14-22-13-7-2-1-6-12(13)15(24)23-14/h1-8H,9H2,(H,21,25)(H,22,23,24). The Kier molecular flexibility index (Phi) is 4.61. The van der Waals surface area contributed by atoms with Crippen LogP contribution in [0.4, 0.5) is 13.2 Å². The van der Waals surface area contributed by atoms with Gasteiger partial charge in [-0.2, -0.15) is 0 Å². The molecule has 26 heavy (non-hydrogen) atoms. The number of nitrogens with zero attached hydrogens (tertiary/aromatic N) is 1. The highest BCUT2D eigenvalue weighted by Gasteiger charge is 2.31. The van der Waals surface area contributed by atoms with Crippen molar-refractivity contribution in [2.45, 2.75) is 12.9 Å². The summed E-state index contributed by atoms with van der Waals surface area (Å²) in [7, 11) is 0. The summed E-state index contributed by atoms with van der Waals surface area (Å²) in [6.07, 6.45) is -4.80. The van der Waals surface area contributed by atoms with E-state index >= 15 is 0 Å². The van der Waals surface area contributed by atoms with E-state index in [4.69, 9.17) is 0 Å². The van der Waals surface area contributed by atoms with Crippen molar-refractivity contribution in [2.75, 3.05) is 0 Å². The molecule has 0 aliphatic carbocycles. The number of H-pyrrole nitrogens is 1. The zero-order chi connectivity index (χ0) is 18.7. The van der Waals surface area contributed by atoms with Crippen LogP contribution in [0.1, 0.15) is 16.2 Å². The number of carbonyl (C=O) groups is 1. The van der Waals surface area contributed by atoms with E-state index in [1.54, 1.807) is 24.3 Å². The summed E-state index contributed by atoms with van der Waals surface area (Å²) in [5.74, 6) is -1.23. The number of nitrogens with one attached hydrogen (secondary N) is 2. The summed E-state index contributed by atoms with van der Waals surface area (Å²) in [6.45, 7) is -0.0651. The summed E-state index contributed by atoms with van der Waals surface area (Å²) < 4.78 is 40.5. The van der Waals surface area contributed by atoms with Gasteiger partial charge in [0.05, 0.1) is 10.9 Å². The van der Waals surface area contributed by atoms with Gasteiger partial charge < -0.3 is 15.0 Å². The summed E-state index contributed by atoms with van der Waals surface area (Å²) in [4.78, 5) is 30.6. The highest BCUT2D eigenvalue weighted by Crippen LogP contribution is 2.23. The molecule has 2 aromatic carbocycles. The molecule has 0 unspecified atom stereocenters. The first-order valence-corrected chi connectivity index (χ1v) is 7.44. The molecule has 9 heteroatoms. The Morgan fingerprint density at radius 3 is 2.69 bits per heavy atom. The van der Waals surface area contributed by atoms with Gasteiger partial charge in [0.25, 0.3) is 11.5 Å². The van der Waals surface area contributed by atoms with Crippen LogP contribution in [0, 0.1) is 0 Å². The largest absolute Gasteiger partial charge is 0.573 e. The number of hydrogen-bond donors (Lipinski definition) is 2. The van der Waals surface area contributed by atoms with Crippen LogP contribution in [-0.4, -0.2) is 22.2 Å². The quantitative estimate of drug-likeness (QED) is 0.747. The average Bonchev–Trinajstić information content (AvgIpc) is 2.58. The lowest BCUT2D eigenvalue weighted by molar-refractivity contribution is -0.274. The van der Waals surface area contributed by atoms with Gasteiger partial charge in [0.15, 0.2) is 5.82 Å². The molecule has 0 saturated heterocycles. The first-order chi connectivity index (χ1) is 12.3. The van der Waals surface area contributed by atoms with Gasteiger partial charge in [-0.15, -0.1) is 13.2 Å². The SMILES string of the molecule is O=C(NCc1cccc(OC(F)(F)F)c1)c1nc2ccccc2c(=O)[nH]1. The molecule has 1 aromatic heterocycles. The van der Waals surface area contributed by atoms with Crippen LogP contribution >= 0.6 is 0 Å². The smallest absolute Gasteiger partial charge is 0.406 e. The second-order valence-electron chi connectivity index (χ2n) is 5.31. The van der Waals surface area contributed by atoms with Crippen molar-refractivity contribution in [1.82, 2.24) is 15.3 Å². The Balaban J connectivity index is 1.73. The van der Waals surface area contributed by atoms with E-state index in [1.807, 2.05) is 0 Å². The van der Waals surface area contributed by atoms with Crippen LogP contribution in [0.2, 0.25) is 0 Å². The Hall–Kier alpha value is -3.36. The molecule has 1 heterocycles. The van der Waals surface area contributed by atoms with Crippen molar-refractivity contribution in [2.24, 2.45) is 0 Å². The van der Waals surface area contributed by atoms with Gasteiger partial charge in [-0.3, -0.25) is 9.59 Å². The third kappa shape index (κ3) is 4.18.